The number of carbonyl (C=O) groups excluding carboxylic acids is 3. The molecule has 0 radical (unpaired) electrons. The molecule has 0 aromatic rings. The van der Waals surface area contributed by atoms with Crippen molar-refractivity contribution in [2.75, 3.05) is 19.7 Å². The summed E-state index contributed by atoms with van der Waals surface area (Å²) in [6, 6.07) is 0. The van der Waals surface area contributed by atoms with Crippen LogP contribution in [0.1, 0.15) is 19.3 Å². The van der Waals surface area contributed by atoms with Gasteiger partial charge in [0.05, 0.1) is 12.5 Å². The number of amides is 3. The van der Waals surface area contributed by atoms with E-state index in [1.54, 1.807) is 4.90 Å². The molecule has 4 heterocycles. The van der Waals surface area contributed by atoms with Crippen LogP contribution < -0.4 is 0 Å². The minimum Gasteiger partial charge on any atom is -0.447 e. The lowest BCUT2D eigenvalue weighted by Crippen LogP contribution is -2.55. The third-order valence-electron chi connectivity index (χ3n) is 4.58. The summed E-state index contributed by atoms with van der Waals surface area (Å²) in [5.74, 6) is -0.696. The smallest absolute Gasteiger partial charge is 0.416 e. The molecule has 102 valence electrons. The van der Waals surface area contributed by atoms with E-state index in [4.69, 9.17) is 9.47 Å². The quantitative estimate of drug-likeness (QED) is 0.651. The molecule has 0 N–H and O–H groups in total. The van der Waals surface area contributed by atoms with Gasteiger partial charge < -0.3 is 14.4 Å². The first-order valence-corrected chi connectivity index (χ1v) is 6.61. The van der Waals surface area contributed by atoms with E-state index in [9.17, 15) is 14.4 Å². The third-order valence-corrected chi connectivity index (χ3v) is 4.58. The van der Waals surface area contributed by atoms with E-state index in [-0.39, 0.29) is 18.4 Å². The van der Waals surface area contributed by atoms with Crippen LogP contribution in [0.25, 0.3) is 0 Å². The van der Waals surface area contributed by atoms with Crippen molar-refractivity contribution in [3.8, 4) is 0 Å². The molecule has 4 rings (SSSR count). The van der Waals surface area contributed by atoms with Crippen molar-refractivity contribution >= 4 is 17.9 Å². The van der Waals surface area contributed by atoms with Crippen LogP contribution in [0, 0.1) is 5.92 Å². The monoisotopic (exact) mass is 266 g/mol. The van der Waals surface area contributed by atoms with Crippen molar-refractivity contribution in [2.24, 2.45) is 5.92 Å². The minimum atomic E-state index is -0.790. The largest absolute Gasteiger partial charge is 0.447 e. The van der Waals surface area contributed by atoms with Crippen molar-refractivity contribution < 1.29 is 23.9 Å². The minimum absolute atomic E-state index is 0.00875. The van der Waals surface area contributed by atoms with Crippen LogP contribution in [0.15, 0.2) is 0 Å². The summed E-state index contributed by atoms with van der Waals surface area (Å²) >= 11 is 0. The maximum absolute atomic E-state index is 12.5. The fourth-order valence-electron chi connectivity index (χ4n) is 3.77. The lowest BCUT2D eigenvalue weighted by molar-refractivity contribution is -0.148. The van der Waals surface area contributed by atoms with E-state index in [1.165, 1.54) is 0 Å². The molecule has 3 amide bonds. The number of rotatable bonds is 1. The summed E-state index contributed by atoms with van der Waals surface area (Å²) in [5.41, 5.74) is -0.790. The Hall–Kier alpha value is -1.63. The molecule has 0 aliphatic carbocycles. The second-order valence-corrected chi connectivity index (χ2v) is 5.44. The zero-order valence-electron chi connectivity index (χ0n) is 10.3. The summed E-state index contributed by atoms with van der Waals surface area (Å²) in [5, 5.41) is 0. The molecular weight excluding hydrogens is 252 g/mol. The lowest BCUT2D eigenvalue weighted by Gasteiger charge is -2.36. The van der Waals surface area contributed by atoms with Gasteiger partial charge in [0, 0.05) is 6.54 Å². The molecule has 2 bridgehead atoms. The van der Waals surface area contributed by atoms with Gasteiger partial charge in [0.1, 0.15) is 12.7 Å². The van der Waals surface area contributed by atoms with Crippen LogP contribution in [-0.4, -0.2) is 59.2 Å². The van der Waals surface area contributed by atoms with Crippen molar-refractivity contribution in [1.82, 2.24) is 9.80 Å². The number of hydrogen-bond donors (Lipinski definition) is 0. The number of piperidine rings is 1. The van der Waals surface area contributed by atoms with Crippen molar-refractivity contribution in [3.05, 3.63) is 0 Å². The maximum atomic E-state index is 12.5. The summed E-state index contributed by atoms with van der Waals surface area (Å²) in [7, 11) is 0. The van der Waals surface area contributed by atoms with Crippen LogP contribution in [0.2, 0.25) is 0 Å². The first kappa shape index (κ1) is 11.2. The second kappa shape index (κ2) is 3.47. The molecule has 19 heavy (non-hydrogen) atoms. The number of ether oxygens (including phenoxy) is 2. The Morgan fingerprint density at radius 3 is 2.89 bits per heavy atom. The van der Waals surface area contributed by atoms with Gasteiger partial charge in [-0.1, -0.05) is 0 Å². The van der Waals surface area contributed by atoms with Gasteiger partial charge in [-0.2, -0.15) is 0 Å². The molecule has 4 fully saturated rings. The number of hydrogen-bond acceptors (Lipinski definition) is 5. The summed E-state index contributed by atoms with van der Waals surface area (Å²) in [6.07, 6.45) is 0.812. The van der Waals surface area contributed by atoms with Gasteiger partial charge in [-0.3, -0.25) is 9.59 Å². The van der Waals surface area contributed by atoms with Crippen LogP contribution in [-0.2, 0) is 19.1 Å². The summed E-state index contributed by atoms with van der Waals surface area (Å²) in [4.78, 5) is 38.8. The summed E-state index contributed by atoms with van der Waals surface area (Å²) in [6.45, 7) is 1.18. The highest BCUT2D eigenvalue weighted by Gasteiger charge is 2.67. The number of nitrogens with zero attached hydrogens (tertiary/aromatic N) is 2. The highest BCUT2D eigenvalue weighted by molar-refractivity contribution is 5.97. The molecule has 7 heteroatoms. The Balaban J connectivity index is 1.65. The number of fused-ring (bicyclic) bond motifs is 1. The number of carbonyl (C=O) groups is 3. The Morgan fingerprint density at radius 2 is 2.16 bits per heavy atom. The second-order valence-electron chi connectivity index (χ2n) is 5.44. The van der Waals surface area contributed by atoms with E-state index < -0.39 is 23.8 Å². The highest BCUT2D eigenvalue weighted by atomic mass is 16.6. The SMILES string of the molecule is O=C1OCCN1C(=O)[C@H]1C[C@H]2O[C@@]13CCCN3C2=O. The number of cyclic esters (lactones) is 1. The van der Waals surface area contributed by atoms with Gasteiger partial charge in [-0.15, -0.1) is 0 Å². The molecule has 3 atom stereocenters. The molecular formula is C12H14N2O5. The van der Waals surface area contributed by atoms with Gasteiger partial charge >= 0.3 is 6.09 Å². The molecule has 4 saturated heterocycles. The zero-order valence-corrected chi connectivity index (χ0v) is 10.3. The zero-order chi connectivity index (χ0) is 13.2. The Labute approximate surface area is 109 Å². The molecule has 0 unspecified atom stereocenters. The lowest BCUT2D eigenvalue weighted by atomic mass is 9.87. The standard InChI is InChI=1S/C12H14N2O5/c15-9(13-4-5-18-11(13)17)7-6-8-10(16)14-3-1-2-12(7,14)19-8/h7-8H,1-6H2/t7-,8-,12+/m1/s1. The van der Waals surface area contributed by atoms with Crippen LogP contribution in [0.5, 0.6) is 0 Å². The first-order valence-electron chi connectivity index (χ1n) is 6.61. The molecule has 0 aromatic carbocycles. The first-order chi connectivity index (χ1) is 9.13. The van der Waals surface area contributed by atoms with Gasteiger partial charge in [-0.05, 0) is 19.3 Å². The maximum Gasteiger partial charge on any atom is 0.416 e. The van der Waals surface area contributed by atoms with E-state index in [0.717, 1.165) is 11.3 Å². The topological polar surface area (TPSA) is 76.2 Å². The fourth-order valence-corrected chi connectivity index (χ4v) is 3.77. The molecule has 7 nitrogen and oxygen atoms in total. The normalized spacial score (nSPS) is 40.0. The highest BCUT2D eigenvalue weighted by Crippen LogP contribution is 2.52. The van der Waals surface area contributed by atoms with Gasteiger partial charge in [0.15, 0.2) is 5.72 Å². The molecule has 4 aliphatic heterocycles. The van der Waals surface area contributed by atoms with E-state index in [1.807, 2.05) is 0 Å². The summed E-state index contributed by atoms with van der Waals surface area (Å²) < 4.78 is 10.6. The molecule has 0 aromatic heterocycles. The Morgan fingerprint density at radius 1 is 1.32 bits per heavy atom. The predicted molar refractivity (Wildman–Crippen MR) is 59.7 cm³/mol. The van der Waals surface area contributed by atoms with Crippen molar-refractivity contribution in [1.29, 1.82) is 0 Å². The fraction of sp³-hybridized carbons (Fsp3) is 0.750. The van der Waals surface area contributed by atoms with E-state index >= 15 is 0 Å². The van der Waals surface area contributed by atoms with Gasteiger partial charge in [-0.25, -0.2) is 9.69 Å². The Kier molecular flexibility index (Phi) is 2.05. The predicted octanol–water partition coefficient (Wildman–Crippen LogP) is -0.297. The van der Waals surface area contributed by atoms with E-state index in [0.29, 0.717) is 25.9 Å². The van der Waals surface area contributed by atoms with Gasteiger partial charge in [0.25, 0.3) is 5.91 Å². The van der Waals surface area contributed by atoms with Gasteiger partial charge in [0.2, 0.25) is 5.91 Å². The molecule has 1 spiro atoms. The Bertz CT molecular complexity index is 493. The van der Waals surface area contributed by atoms with Crippen molar-refractivity contribution in [3.63, 3.8) is 0 Å². The van der Waals surface area contributed by atoms with Crippen LogP contribution in [0.3, 0.4) is 0 Å². The molecule has 0 saturated carbocycles. The average molecular weight is 266 g/mol. The molecule has 4 aliphatic rings. The average Bonchev–Trinajstić information content (AvgIpc) is 3.10. The van der Waals surface area contributed by atoms with E-state index in [2.05, 4.69) is 0 Å². The van der Waals surface area contributed by atoms with Crippen LogP contribution in [0.4, 0.5) is 4.79 Å². The van der Waals surface area contributed by atoms with Crippen molar-refractivity contribution in [2.45, 2.75) is 31.1 Å². The van der Waals surface area contributed by atoms with Crippen LogP contribution >= 0.6 is 0 Å². The third kappa shape index (κ3) is 1.23. The number of imide groups is 1.